The van der Waals surface area contributed by atoms with Gasteiger partial charge in [-0.2, -0.15) is 0 Å². The summed E-state index contributed by atoms with van der Waals surface area (Å²) in [5, 5.41) is 2.98. The molecule has 0 saturated heterocycles. The number of furan rings is 1. The van der Waals surface area contributed by atoms with E-state index >= 15 is 0 Å². The number of hydrogen-bond donors (Lipinski definition) is 0. The summed E-state index contributed by atoms with van der Waals surface area (Å²) in [7, 11) is -1.74. The number of benzene rings is 1. The van der Waals surface area contributed by atoms with Crippen molar-refractivity contribution in [3.8, 4) is 11.3 Å². The molecule has 0 N–H and O–H groups in total. The summed E-state index contributed by atoms with van der Waals surface area (Å²) in [5.41, 5.74) is 1.57. The summed E-state index contributed by atoms with van der Waals surface area (Å²) < 4.78 is 37.8. The molecule has 24 heavy (non-hydrogen) atoms. The zero-order valence-electron chi connectivity index (χ0n) is 17.4. The molecule has 0 aliphatic heterocycles. The Kier molecular flexibility index (Phi) is 3.26. The van der Waals surface area contributed by atoms with E-state index in [9.17, 15) is 0 Å². The molecular weight excluding hydrogens is 493 g/mol. The zero-order valence-corrected chi connectivity index (χ0v) is 16.8. The molecule has 0 atom stereocenters. The molecule has 3 heterocycles. The molecular formula is C19H17IrN2OSi-. The Morgan fingerprint density at radius 3 is 2.83 bits per heavy atom. The molecule has 1 radical (unpaired) electrons. The number of rotatable bonds is 2. The van der Waals surface area contributed by atoms with Gasteiger partial charge in [0.1, 0.15) is 0 Å². The number of aromatic nitrogens is 2. The third-order valence-electron chi connectivity index (χ3n) is 3.84. The van der Waals surface area contributed by atoms with Crippen LogP contribution in [0.15, 0.2) is 53.1 Å². The monoisotopic (exact) mass is 514 g/mol. The summed E-state index contributed by atoms with van der Waals surface area (Å²) in [6, 6.07) is 8.02. The Labute approximate surface area is 161 Å². The first kappa shape index (κ1) is 12.5. The maximum absolute atomic E-state index is 8.23. The molecule has 4 rings (SSSR count). The smallest absolute Gasteiger partial charge is 0.216 e. The molecule has 0 spiro atoms. The van der Waals surface area contributed by atoms with Gasteiger partial charge in [0.25, 0.3) is 0 Å². The van der Waals surface area contributed by atoms with Crippen molar-refractivity contribution >= 4 is 35.3 Å². The van der Waals surface area contributed by atoms with Crippen LogP contribution in [0.25, 0.3) is 33.3 Å². The quantitative estimate of drug-likeness (QED) is 0.295. The van der Waals surface area contributed by atoms with E-state index in [4.69, 9.17) is 9.90 Å². The Balaban J connectivity index is 0.00000225. The fourth-order valence-corrected chi connectivity index (χ4v) is 4.28. The molecule has 0 saturated carbocycles. The first-order chi connectivity index (χ1) is 12.7. The largest absolute Gasteiger partial charge is 0.486 e. The van der Waals surface area contributed by atoms with Crippen LogP contribution in [-0.2, 0) is 20.1 Å². The van der Waals surface area contributed by atoms with Crippen LogP contribution in [0.1, 0.15) is 5.48 Å². The van der Waals surface area contributed by atoms with Gasteiger partial charge in [-0.15, -0.1) is 17.3 Å². The van der Waals surface area contributed by atoms with Crippen LogP contribution in [0.3, 0.4) is 0 Å². The minimum absolute atomic E-state index is 0. The van der Waals surface area contributed by atoms with Crippen molar-refractivity contribution in [3.63, 3.8) is 0 Å². The van der Waals surface area contributed by atoms with Crippen molar-refractivity contribution in [2.24, 2.45) is 0 Å². The van der Waals surface area contributed by atoms with E-state index in [1.165, 1.54) is 0 Å². The number of nitrogens with zero attached hydrogens (tertiary/aromatic N) is 2. The maximum Gasteiger partial charge on any atom is 0.216 e. The fourth-order valence-electron chi connectivity index (χ4n) is 2.77. The van der Waals surface area contributed by atoms with E-state index in [0.29, 0.717) is 16.9 Å². The minimum Gasteiger partial charge on any atom is -0.486 e. The summed E-state index contributed by atoms with van der Waals surface area (Å²) in [4.78, 5) is 8.40. The predicted molar refractivity (Wildman–Crippen MR) is 96.6 cm³/mol. The predicted octanol–water partition coefficient (Wildman–Crippen LogP) is 4.39. The summed E-state index contributed by atoms with van der Waals surface area (Å²) in [6.07, 6.45) is 1.32. The standard InChI is InChI=1S/C19H17N2OSi.Ir/c1-23(2,3)16-10-9-13(15-8-4-5-11-20-15)18-17(16)14-7-6-12-21-19(14)22-18;/h4-8,10-12H,1-3H3;/q-1;/i4D,5D,8D,11D;. The molecule has 0 fully saturated rings. The van der Waals surface area contributed by atoms with Crippen molar-refractivity contribution in [2.45, 2.75) is 19.6 Å². The zero-order chi connectivity index (χ0) is 19.5. The Hall–Kier alpha value is -1.81. The maximum atomic E-state index is 8.23. The third-order valence-corrected chi connectivity index (χ3v) is 5.85. The number of hydrogen-bond acceptors (Lipinski definition) is 3. The molecule has 0 bridgehead atoms. The first-order valence-electron chi connectivity index (χ1n) is 9.37. The van der Waals surface area contributed by atoms with Gasteiger partial charge >= 0.3 is 0 Å². The molecule has 1 aromatic carbocycles. The van der Waals surface area contributed by atoms with Crippen LogP contribution in [0.4, 0.5) is 0 Å². The average molecular weight is 514 g/mol. The van der Waals surface area contributed by atoms with Gasteiger partial charge in [0.05, 0.1) is 11.1 Å². The van der Waals surface area contributed by atoms with Gasteiger partial charge in [-0.25, -0.2) is 4.98 Å². The van der Waals surface area contributed by atoms with Crippen LogP contribution < -0.4 is 5.19 Å². The van der Waals surface area contributed by atoms with Crippen LogP contribution in [0.2, 0.25) is 19.6 Å². The van der Waals surface area contributed by atoms with Gasteiger partial charge < -0.3 is 9.40 Å². The first-order valence-corrected chi connectivity index (χ1v) is 10.9. The van der Waals surface area contributed by atoms with Crippen LogP contribution in [-0.4, -0.2) is 18.0 Å². The van der Waals surface area contributed by atoms with Gasteiger partial charge in [-0.05, 0) is 23.9 Å². The fraction of sp³-hybridized carbons (Fsp3) is 0.158. The molecule has 0 aliphatic carbocycles. The topological polar surface area (TPSA) is 38.9 Å². The van der Waals surface area contributed by atoms with Crippen LogP contribution >= 0.6 is 0 Å². The van der Waals surface area contributed by atoms with Gasteiger partial charge in [0.15, 0.2) is 0 Å². The van der Waals surface area contributed by atoms with Gasteiger partial charge in [0, 0.05) is 45.9 Å². The van der Waals surface area contributed by atoms with Crippen molar-refractivity contribution in [2.75, 3.05) is 0 Å². The molecule has 3 nitrogen and oxygen atoms in total. The molecule has 3 aromatic heterocycles. The molecule has 0 amide bonds. The summed E-state index contributed by atoms with van der Waals surface area (Å²) in [5.74, 6) is 0. The SMILES string of the molecule is [2H]c1nc(-c2[c-]cc([Si](C)(C)C)c3c2oc2ncccc23)c([2H])c([2H])c1[2H].[Ir]. The summed E-state index contributed by atoms with van der Waals surface area (Å²) in [6.45, 7) is 6.70. The Morgan fingerprint density at radius 1 is 1.21 bits per heavy atom. The third kappa shape index (κ3) is 2.73. The second-order valence-corrected chi connectivity index (χ2v) is 11.5. The van der Waals surface area contributed by atoms with Gasteiger partial charge in [-0.3, -0.25) is 0 Å². The van der Waals surface area contributed by atoms with E-state index in [-0.39, 0.29) is 50.1 Å². The Bertz CT molecular complexity index is 1220. The van der Waals surface area contributed by atoms with Crippen LogP contribution in [0, 0.1) is 6.07 Å². The molecule has 0 unspecified atom stereocenters. The second kappa shape index (κ2) is 6.24. The van der Waals surface area contributed by atoms with E-state index in [1.807, 2.05) is 18.2 Å². The molecule has 0 aliphatic rings. The van der Waals surface area contributed by atoms with E-state index in [2.05, 4.69) is 35.7 Å². The van der Waals surface area contributed by atoms with E-state index in [1.54, 1.807) is 6.20 Å². The molecule has 4 aromatic rings. The minimum atomic E-state index is -1.74. The Morgan fingerprint density at radius 2 is 2.04 bits per heavy atom. The molecule has 123 valence electrons. The molecule has 5 heteroatoms. The van der Waals surface area contributed by atoms with Gasteiger partial charge in [0.2, 0.25) is 5.71 Å². The van der Waals surface area contributed by atoms with E-state index in [0.717, 1.165) is 16.0 Å². The average Bonchev–Trinajstić information content (AvgIpc) is 3.01. The summed E-state index contributed by atoms with van der Waals surface area (Å²) >= 11 is 0. The van der Waals surface area contributed by atoms with Gasteiger partial charge in [-0.1, -0.05) is 42.7 Å². The van der Waals surface area contributed by atoms with Crippen molar-refractivity contribution in [1.29, 1.82) is 0 Å². The second-order valence-electron chi connectivity index (χ2n) is 6.44. The van der Waals surface area contributed by atoms with Crippen molar-refractivity contribution < 1.29 is 30.0 Å². The van der Waals surface area contributed by atoms with E-state index < -0.39 is 8.07 Å². The normalized spacial score (nSPS) is 14.0. The number of fused-ring (bicyclic) bond motifs is 3. The van der Waals surface area contributed by atoms with Crippen LogP contribution in [0.5, 0.6) is 0 Å². The van der Waals surface area contributed by atoms with Crippen molar-refractivity contribution in [3.05, 3.63) is 54.8 Å². The number of pyridine rings is 2. The van der Waals surface area contributed by atoms with Crippen molar-refractivity contribution in [1.82, 2.24) is 9.97 Å².